The van der Waals surface area contributed by atoms with E-state index in [2.05, 4.69) is 11.9 Å². The van der Waals surface area contributed by atoms with Crippen molar-refractivity contribution in [3.05, 3.63) is 12.2 Å². The summed E-state index contributed by atoms with van der Waals surface area (Å²) in [5.74, 6) is 0. The Balaban J connectivity index is 3.46. The topological polar surface area (TPSA) is 29.1 Å². The van der Waals surface area contributed by atoms with E-state index in [0.29, 0.717) is 6.41 Å². The fraction of sp³-hybridized carbons (Fsp3) is 0.500. The number of rotatable bonds is 3. The van der Waals surface area contributed by atoms with Crippen LogP contribution in [0, 0.1) is 0 Å². The van der Waals surface area contributed by atoms with Gasteiger partial charge in [0.2, 0.25) is 6.41 Å². The third-order valence-corrected chi connectivity index (χ3v) is 1.06. The lowest BCUT2D eigenvalue weighted by Crippen LogP contribution is -2.24. The maximum Gasteiger partial charge on any atom is 0.207 e. The van der Waals surface area contributed by atoms with Gasteiger partial charge in [-0.1, -0.05) is 12.2 Å². The summed E-state index contributed by atoms with van der Waals surface area (Å²) in [5.41, 5.74) is 0.970. The number of hydrogen-bond donors (Lipinski definition) is 1. The van der Waals surface area contributed by atoms with Crippen molar-refractivity contribution in [2.45, 2.75) is 19.9 Å². The molecule has 0 rings (SSSR count). The molecule has 8 heavy (non-hydrogen) atoms. The van der Waals surface area contributed by atoms with Crippen molar-refractivity contribution in [3.63, 3.8) is 0 Å². The van der Waals surface area contributed by atoms with Crippen molar-refractivity contribution in [1.82, 2.24) is 5.32 Å². The smallest absolute Gasteiger partial charge is 0.207 e. The Morgan fingerprint density at radius 1 is 1.88 bits per heavy atom. The highest BCUT2D eigenvalue weighted by molar-refractivity contribution is 5.47. The molecule has 0 aromatic carbocycles. The molecule has 0 radical (unpaired) electrons. The van der Waals surface area contributed by atoms with Gasteiger partial charge in [0.1, 0.15) is 0 Å². The summed E-state index contributed by atoms with van der Waals surface area (Å²) in [5, 5.41) is 2.56. The van der Waals surface area contributed by atoms with Gasteiger partial charge < -0.3 is 5.32 Å². The molecule has 1 atom stereocenters. The quantitative estimate of drug-likeness (QED) is 0.423. The molecule has 0 aliphatic heterocycles. The summed E-state index contributed by atoms with van der Waals surface area (Å²) in [6.45, 7) is 7.41. The van der Waals surface area contributed by atoms with Gasteiger partial charge in [0, 0.05) is 6.04 Å². The minimum atomic E-state index is 0.104. The molecule has 0 spiro atoms. The first-order chi connectivity index (χ1) is 3.68. The number of amides is 1. The fourth-order valence-corrected chi connectivity index (χ4v) is 0.244. The van der Waals surface area contributed by atoms with Crippen LogP contribution in [0.3, 0.4) is 0 Å². The van der Waals surface area contributed by atoms with Crippen LogP contribution < -0.4 is 5.32 Å². The second-order valence-corrected chi connectivity index (χ2v) is 1.85. The van der Waals surface area contributed by atoms with Crippen molar-refractivity contribution in [1.29, 1.82) is 0 Å². The Kier molecular flexibility index (Phi) is 2.92. The molecule has 0 saturated carbocycles. The second kappa shape index (κ2) is 3.24. The molecular formula is C6H11NO. The minimum absolute atomic E-state index is 0.104. The van der Waals surface area contributed by atoms with Crippen molar-refractivity contribution >= 4 is 6.41 Å². The van der Waals surface area contributed by atoms with Gasteiger partial charge in [-0.05, 0) is 13.8 Å². The van der Waals surface area contributed by atoms with Gasteiger partial charge in [0.15, 0.2) is 0 Å². The summed E-state index contributed by atoms with van der Waals surface area (Å²) in [6.07, 6.45) is 0.680. The van der Waals surface area contributed by atoms with Gasteiger partial charge >= 0.3 is 0 Å². The molecule has 1 N–H and O–H groups in total. The molecule has 0 aromatic rings. The second-order valence-electron chi connectivity index (χ2n) is 1.85. The lowest BCUT2D eigenvalue weighted by atomic mass is 10.2. The highest BCUT2D eigenvalue weighted by Crippen LogP contribution is 1.92. The average molecular weight is 113 g/mol. The average Bonchev–Trinajstić information content (AvgIpc) is 1.67. The highest BCUT2D eigenvalue weighted by atomic mass is 16.1. The van der Waals surface area contributed by atoms with Gasteiger partial charge in [-0.15, -0.1) is 0 Å². The Hall–Kier alpha value is -0.790. The van der Waals surface area contributed by atoms with Crippen molar-refractivity contribution in [3.8, 4) is 0 Å². The maximum atomic E-state index is 9.77. The lowest BCUT2D eigenvalue weighted by molar-refractivity contribution is -0.109. The van der Waals surface area contributed by atoms with Crippen LogP contribution in [0.1, 0.15) is 13.8 Å². The van der Waals surface area contributed by atoms with E-state index >= 15 is 0 Å². The number of hydrogen-bond acceptors (Lipinski definition) is 1. The maximum absolute atomic E-state index is 9.77. The summed E-state index contributed by atoms with van der Waals surface area (Å²) >= 11 is 0. The van der Waals surface area contributed by atoms with E-state index in [4.69, 9.17) is 0 Å². The molecule has 0 fully saturated rings. The van der Waals surface area contributed by atoms with Crippen LogP contribution in [0.25, 0.3) is 0 Å². The van der Waals surface area contributed by atoms with Crippen LogP contribution >= 0.6 is 0 Å². The molecule has 0 aromatic heterocycles. The van der Waals surface area contributed by atoms with E-state index in [9.17, 15) is 4.79 Å². The summed E-state index contributed by atoms with van der Waals surface area (Å²) in [7, 11) is 0. The summed E-state index contributed by atoms with van der Waals surface area (Å²) < 4.78 is 0. The molecule has 0 unspecified atom stereocenters. The first-order valence-electron chi connectivity index (χ1n) is 2.53. The predicted molar refractivity (Wildman–Crippen MR) is 33.5 cm³/mol. The van der Waals surface area contributed by atoms with Gasteiger partial charge in [-0.2, -0.15) is 0 Å². The number of carbonyl (C=O) groups excluding carboxylic acids is 1. The van der Waals surface area contributed by atoms with Gasteiger partial charge in [-0.3, -0.25) is 4.79 Å². The standard InChI is InChI=1S/C6H11NO/c1-5(2)6(3)7-4-8/h4,6H,1H2,2-3H3,(H,7,8)/t6-/m0/s1. The Bertz CT molecular complexity index is 98.7. The molecule has 0 bridgehead atoms. The van der Waals surface area contributed by atoms with Gasteiger partial charge in [0.25, 0.3) is 0 Å². The van der Waals surface area contributed by atoms with Gasteiger partial charge in [0.05, 0.1) is 0 Å². The molecule has 2 nitrogen and oxygen atoms in total. The molecule has 0 saturated heterocycles. The lowest BCUT2D eigenvalue weighted by Gasteiger charge is -2.07. The fourth-order valence-electron chi connectivity index (χ4n) is 0.244. The van der Waals surface area contributed by atoms with E-state index in [-0.39, 0.29) is 6.04 Å². The molecule has 2 heteroatoms. The highest BCUT2D eigenvalue weighted by Gasteiger charge is 1.95. The third-order valence-electron chi connectivity index (χ3n) is 1.06. The number of nitrogens with one attached hydrogen (secondary N) is 1. The van der Waals surface area contributed by atoms with E-state index in [1.54, 1.807) is 0 Å². The summed E-state index contributed by atoms with van der Waals surface area (Å²) in [6, 6.07) is 0.104. The zero-order valence-electron chi connectivity index (χ0n) is 5.27. The van der Waals surface area contributed by atoms with E-state index < -0.39 is 0 Å². The molecule has 0 aliphatic rings. The Labute approximate surface area is 49.6 Å². The molecule has 1 amide bonds. The summed E-state index contributed by atoms with van der Waals surface area (Å²) in [4.78, 5) is 9.77. The van der Waals surface area contributed by atoms with Crippen molar-refractivity contribution in [2.24, 2.45) is 0 Å². The molecule has 0 heterocycles. The van der Waals surface area contributed by atoms with Crippen LogP contribution in [-0.2, 0) is 4.79 Å². The predicted octanol–water partition coefficient (Wildman–Crippen LogP) is 0.697. The van der Waals surface area contributed by atoms with Crippen LogP contribution in [-0.4, -0.2) is 12.5 Å². The van der Waals surface area contributed by atoms with Crippen LogP contribution in [0.15, 0.2) is 12.2 Å². The largest absolute Gasteiger partial charge is 0.353 e. The SMILES string of the molecule is C=C(C)[C@H](C)NC=O. The van der Waals surface area contributed by atoms with E-state index in [1.807, 2.05) is 13.8 Å². The van der Waals surface area contributed by atoms with E-state index in [0.717, 1.165) is 5.57 Å². The van der Waals surface area contributed by atoms with Crippen molar-refractivity contribution in [2.75, 3.05) is 0 Å². The molecule has 46 valence electrons. The Morgan fingerprint density at radius 2 is 2.38 bits per heavy atom. The van der Waals surface area contributed by atoms with E-state index in [1.165, 1.54) is 0 Å². The zero-order chi connectivity index (χ0) is 6.57. The van der Waals surface area contributed by atoms with Crippen LogP contribution in [0.4, 0.5) is 0 Å². The monoisotopic (exact) mass is 113 g/mol. The van der Waals surface area contributed by atoms with Gasteiger partial charge in [-0.25, -0.2) is 0 Å². The number of carbonyl (C=O) groups is 1. The molecular weight excluding hydrogens is 102 g/mol. The van der Waals surface area contributed by atoms with Crippen LogP contribution in [0.2, 0.25) is 0 Å². The minimum Gasteiger partial charge on any atom is -0.353 e. The normalized spacial score (nSPS) is 12.2. The third kappa shape index (κ3) is 2.39. The Morgan fingerprint density at radius 3 is 2.50 bits per heavy atom. The molecule has 0 aliphatic carbocycles. The van der Waals surface area contributed by atoms with Crippen LogP contribution in [0.5, 0.6) is 0 Å². The first kappa shape index (κ1) is 7.21. The van der Waals surface area contributed by atoms with Crippen molar-refractivity contribution < 1.29 is 4.79 Å². The zero-order valence-corrected chi connectivity index (χ0v) is 5.27. The first-order valence-corrected chi connectivity index (χ1v) is 2.53.